The van der Waals surface area contributed by atoms with Crippen molar-refractivity contribution in [3.63, 3.8) is 0 Å². The molecule has 1 fully saturated rings. The van der Waals surface area contributed by atoms with Crippen molar-refractivity contribution < 1.29 is 17.9 Å². The molecule has 0 N–H and O–H groups in total. The van der Waals surface area contributed by atoms with Gasteiger partial charge in [-0.1, -0.05) is 0 Å². The van der Waals surface area contributed by atoms with Gasteiger partial charge in [-0.25, -0.2) is 0 Å². The van der Waals surface area contributed by atoms with Crippen LogP contribution in [0.5, 0.6) is 0 Å². The van der Waals surface area contributed by atoms with Crippen LogP contribution in [0, 0.1) is 6.92 Å². The normalized spacial score (nSPS) is 17.3. The molecule has 1 saturated heterocycles. The number of nitrogens with zero attached hydrogens (tertiary/aromatic N) is 6. The van der Waals surface area contributed by atoms with Crippen LogP contribution in [0.2, 0.25) is 0 Å². The Labute approximate surface area is 222 Å². The Kier molecular flexibility index (Phi) is 7.30. The van der Waals surface area contributed by atoms with Crippen LogP contribution in [0.1, 0.15) is 62.0 Å². The summed E-state index contributed by atoms with van der Waals surface area (Å²) in [5.74, 6) is 0.768. The van der Waals surface area contributed by atoms with Crippen LogP contribution in [0.4, 0.5) is 24.7 Å². The monoisotopic (exact) mass is 530 g/mol. The molecule has 4 heterocycles. The lowest BCUT2D eigenvalue weighted by atomic mass is 9.97. The number of alkyl halides is 3. The summed E-state index contributed by atoms with van der Waals surface area (Å²) in [6.45, 7) is 11.8. The maximum atomic E-state index is 14.4. The molecule has 5 rings (SSSR count). The van der Waals surface area contributed by atoms with Gasteiger partial charge in [0.2, 0.25) is 0 Å². The fourth-order valence-corrected chi connectivity index (χ4v) is 5.79. The second-order valence-corrected chi connectivity index (χ2v) is 10.7. The average molecular weight is 531 g/mol. The number of hydrogen-bond acceptors (Lipinski definition) is 5. The quantitative estimate of drug-likeness (QED) is 0.398. The van der Waals surface area contributed by atoms with Crippen LogP contribution in [-0.4, -0.2) is 56.8 Å². The van der Waals surface area contributed by atoms with Gasteiger partial charge in [-0.05, 0) is 63.8 Å². The lowest BCUT2D eigenvalue weighted by Crippen LogP contribution is -2.37. The molecule has 38 heavy (non-hydrogen) atoms. The molecule has 2 aliphatic heterocycles. The van der Waals surface area contributed by atoms with Crippen LogP contribution >= 0.6 is 0 Å². The van der Waals surface area contributed by atoms with Crippen molar-refractivity contribution in [2.75, 3.05) is 31.2 Å². The van der Waals surface area contributed by atoms with Crippen molar-refractivity contribution in [3.8, 4) is 11.1 Å². The van der Waals surface area contributed by atoms with Gasteiger partial charge in [0, 0.05) is 81.1 Å². The zero-order valence-electron chi connectivity index (χ0n) is 22.8. The number of halogens is 3. The second kappa shape index (κ2) is 10.4. The highest BCUT2D eigenvalue weighted by Gasteiger charge is 2.37. The van der Waals surface area contributed by atoms with Crippen molar-refractivity contribution >= 4 is 11.5 Å². The van der Waals surface area contributed by atoms with E-state index < -0.39 is 11.7 Å². The highest BCUT2D eigenvalue weighted by Crippen LogP contribution is 2.43. The molecule has 0 atom stereocenters. The van der Waals surface area contributed by atoms with Gasteiger partial charge in [-0.15, -0.1) is 0 Å². The van der Waals surface area contributed by atoms with Crippen molar-refractivity contribution in [3.05, 3.63) is 46.9 Å². The van der Waals surface area contributed by atoms with E-state index in [-0.39, 0.29) is 11.6 Å². The smallest absolute Gasteiger partial charge is 0.381 e. The number of anilines is 2. The SMILES string of the molecule is CCN(c1cc(C(F)(F)F)c(-c2cnn(C)c2)cc1C)c1nn(C2CCOCC2)c2c1CN(C(C)C)CC2. The van der Waals surface area contributed by atoms with Gasteiger partial charge in [0.1, 0.15) is 0 Å². The molecule has 0 spiro atoms. The Hall–Kier alpha value is -2.85. The number of ether oxygens (including phenoxy) is 1. The molecular weight excluding hydrogens is 493 g/mol. The summed E-state index contributed by atoms with van der Waals surface area (Å²) >= 11 is 0. The fourth-order valence-electron chi connectivity index (χ4n) is 5.79. The molecule has 1 aromatic carbocycles. The summed E-state index contributed by atoms with van der Waals surface area (Å²) in [6, 6.07) is 3.55. The molecule has 2 aliphatic rings. The minimum Gasteiger partial charge on any atom is -0.381 e. The first kappa shape index (κ1) is 26.7. The zero-order chi connectivity index (χ0) is 27.2. The topological polar surface area (TPSA) is 51.4 Å². The molecule has 3 aromatic rings. The summed E-state index contributed by atoms with van der Waals surface area (Å²) in [5.41, 5.74) is 3.57. The molecule has 2 aromatic heterocycles. The molecule has 0 unspecified atom stereocenters. The second-order valence-electron chi connectivity index (χ2n) is 10.7. The third kappa shape index (κ3) is 4.96. The average Bonchev–Trinajstić information content (AvgIpc) is 3.48. The van der Waals surface area contributed by atoms with E-state index >= 15 is 0 Å². The Morgan fingerprint density at radius 2 is 1.92 bits per heavy atom. The van der Waals surface area contributed by atoms with Crippen molar-refractivity contribution in [1.82, 2.24) is 24.5 Å². The number of aryl methyl sites for hydroxylation is 2. The van der Waals surface area contributed by atoms with Gasteiger partial charge in [0.25, 0.3) is 0 Å². The lowest BCUT2D eigenvalue weighted by molar-refractivity contribution is -0.137. The van der Waals surface area contributed by atoms with Gasteiger partial charge >= 0.3 is 6.18 Å². The molecule has 7 nitrogen and oxygen atoms in total. The van der Waals surface area contributed by atoms with Gasteiger partial charge in [0.15, 0.2) is 5.82 Å². The van der Waals surface area contributed by atoms with Crippen LogP contribution in [0.15, 0.2) is 24.5 Å². The molecule has 0 radical (unpaired) electrons. The predicted octanol–water partition coefficient (Wildman–Crippen LogP) is 5.89. The number of benzene rings is 1. The van der Waals surface area contributed by atoms with E-state index in [1.165, 1.54) is 22.6 Å². The maximum Gasteiger partial charge on any atom is 0.417 e. The summed E-state index contributed by atoms with van der Waals surface area (Å²) in [6.07, 6.45) is 1.25. The Morgan fingerprint density at radius 3 is 2.53 bits per heavy atom. The van der Waals surface area contributed by atoms with E-state index in [0.717, 1.165) is 49.3 Å². The molecule has 206 valence electrons. The number of rotatable bonds is 6. The van der Waals surface area contributed by atoms with Gasteiger partial charge in [0.05, 0.1) is 17.8 Å². The van der Waals surface area contributed by atoms with E-state index in [2.05, 4.69) is 28.5 Å². The van der Waals surface area contributed by atoms with Crippen LogP contribution < -0.4 is 4.90 Å². The maximum absolute atomic E-state index is 14.4. The minimum absolute atomic E-state index is 0.142. The minimum atomic E-state index is -4.51. The van der Waals surface area contributed by atoms with E-state index in [4.69, 9.17) is 9.84 Å². The molecular formula is C28H37F3N6O. The van der Waals surface area contributed by atoms with Gasteiger partial charge < -0.3 is 9.64 Å². The third-order valence-electron chi connectivity index (χ3n) is 7.88. The van der Waals surface area contributed by atoms with Crippen molar-refractivity contribution in [1.29, 1.82) is 0 Å². The largest absolute Gasteiger partial charge is 0.417 e. The first-order valence-corrected chi connectivity index (χ1v) is 13.5. The van der Waals surface area contributed by atoms with Crippen LogP contribution in [0.25, 0.3) is 11.1 Å². The summed E-state index contributed by atoms with van der Waals surface area (Å²) in [5, 5.41) is 9.24. The predicted molar refractivity (Wildman–Crippen MR) is 142 cm³/mol. The first-order valence-electron chi connectivity index (χ1n) is 13.5. The van der Waals surface area contributed by atoms with Crippen LogP contribution in [-0.2, 0) is 30.9 Å². The van der Waals surface area contributed by atoms with Crippen LogP contribution in [0.3, 0.4) is 0 Å². The van der Waals surface area contributed by atoms with Crippen molar-refractivity contribution in [2.24, 2.45) is 7.05 Å². The zero-order valence-corrected chi connectivity index (χ0v) is 22.8. The first-order chi connectivity index (χ1) is 18.1. The third-order valence-corrected chi connectivity index (χ3v) is 7.88. The summed E-state index contributed by atoms with van der Waals surface area (Å²) < 4.78 is 52.5. The van der Waals surface area contributed by atoms with Gasteiger partial charge in [-0.3, -0.25) is 14.3 Å². The number of fused-ring (bicyclic) bond motifs is 1. The molecule has 0 amide bonds. The molecule has 0 saturated carbocycles. The lowest BCUT2D eigenvalue weighted by Gasteiger charge is -2.33. The Morgan fingerprint density at radius 1 is 1.18 bits per heavy atom. The highest BCUT2D eigenvalue weighted by atomic mass is 19.4. The highest BCUT2D eigenvalue weighted by molar-refractivity contribution is 5.76. The van der Waals surface area contributed by atoms with E-state index in [1.54, 1.807) is 19.3 Å². The number of aromatic nitrogens is 4. The number of hydrogen-bond donors (Lipinski definition) is 0. The summed E-state index contributed by atoms with van der Waals surface area (Å²) in [4.78, 5) is 4.38. The fraction of sp³-hybridized carbons (Fsp3) is 0.571. The molecule has 0 bridgehead atoms. The molecule has 0 aliphatic carbocycles. The van der Waals surface area contributed by atoms with E-state index in [0.29, 0.717) is 37.1 Å². The Bertz CT molecular complexity index is 1290. The molecule has 10 heteroatoms. The standard InChI is InChI=1S/C28H37F3N6O/c1-6-36(26-14-24(28(29,30)31)22(13-19(26)4)20-15-32-34(5)16-20)27-23-17-35(18(2)3)10-7-25(23)37(33-27)21-8-11-38-12-9-21/h13-16,18,21H,6-12,17H2,1-5H3. The Balaban J connectivity index is 1.64. The van der Waals surface area contributed by atoms with E-state index in [1.807, 2.05) is 18.7 Å². The van der Waals surface area contributed by atoms with E-state index in [9.17, 15) is 13.2 Å². The van der Waals surface area contributed by atoms with Gasteiger partial charge in [-0.2, -0.15) is 23.4 Å². The summed E-state index contributed by atoms with van der Waals surface area (Å²) in [7, 11) is 1.70. The van der Waals surface area contributed by atoms with Crippen molar-refractivity contribution in [2.45, 2.75) is 71.8 Å².